The van der Waals surface area contributed by atoms with E-state index in [0.29, 0.717) is 30.5 Å². The molecule has 0 fully saturated rings. The van der Waals surface area contributed by atoms with Crippen molar-refractivity contribution < 1.29 is 9.53 Å². The molecule has 1 aromatic carbocycles. The number of benzene rings is 1. The van der Waals surface area contributed by atoms with Crippen LogP contribution in [0.3, 0.4) is 0 Å². The van der Waals surface area contributed by atoms with E-state index in [0.717, 1.165) is 11.4 Å². The summed E-state index contributed by atoms with van der Waals surface area (Å²) < 4.78 is 5.55. The minimum Gasteiger partial charge on any atom is -0.494 e. The molecule has 0 aliphatic heterocycles. The van der Waals surface area contributed by atoms with E-state index in [-0.39, 0.29) is 5.91 Å². The summed E-state index contributed by atoms with van der Waals surface area (Å²) in [5.41, 5.74) is 1.02. The molecule has 2 rings (SSSR count). The number of ether oxygens (including phenoxy) is 1. The second-order valence-electron chi connectivity index (χ2n) is 5.05. The summed E-state index contributed by atoms with van der Waals surface area (Å²) >= 11 is 1.47. The van der Waals surface area contributed by atoms with Gasteiger partial charge >= 0.3 is 0 Å². The first-order chi connectivity index (χ1) is 10.1. The van der Waals surface area contributed by atoms with Gasteiger partial charge in [0.15, 0.2) is 5.13 Å². The highest BCUT2D eigenvalue weighted by Crippen LogP contribution is 2.21. The molecule has 0 spiro atoms. The Labute approximate surface area is 129 Å². The van der Waals surface area contributed by atoms with Crippen LogP contribution in [0.4, 0.5) is 5.13 Å². The van der Waals surface area contributed by atoms with Crippen LogP contribution in [0.1, 0.15) is 38.3 Å². The summed E-state index contributed by atoms with van der Waals surface area (Å²) in [5, 5.41) is 5.49. The number of anilines is 1. The number of hydrogen-bond donors (Lipinski definition) is 1. The van der Waals surface area contributed by atoms with E-state index < -0.39 is 0 Å². The van der Waals surface area contributed by atoms with E-state index in [1.54, 1.807) is 0 Å². The smallest absolute Gasteiger partial charge is 0.226 e. The number of rotatable bonds is 7. The molecule has 0 aliphatic rings. The average molecular weight is 304 g/mol. The van der Waals surface area contributed by atoms with Crippen molar-refractivity contribution >= 4 is 22.4 Å². The largest absolute Gasteiger partial charge is 0.494 e. The second-order valence-corrected chi connectivity index (χ2v) is 5.90. The third-order valence-electron chi connectivity index (χ3n) is 2.92. The van der Waals surface area contributed by atoms with Crippen LogP contribution in [0, 0.1) is 0 Å². The minimum atomic E-state index is -0.0173. The zero-order chi connectivity index (χ0) is 15.1. The molecule has 1 heterocycles. The van der Waals surface area contributed by atoms with E-state index in [1.807, 2.05) is 35.7 Å². The molecular formula is C16H20N2O2S. The number of nitrogens with one attached hydrogen (secondary N) is 1. The quantitative estimate of drug-likeness (QED) is 0.785. The van der Waals surface area contributed by atoms with Crippen molar-refractivity contribution in [2.75, 3.05) is 11.9 Å². The topological polar surface area (TPSA) is 51.2 Å². The minimum absolute atomic E-state index is 0.0173. The number of hydrogen-bond acceptors (Lipinski definition) is 4. The molecule has 5 heteroatoms. The highest BCUT2D eigenvalue weighted by Gasteiger charge is 2.08. The molecule has 0 bridgehead atoms. The molecule has 112 valence electrons. The number of para-hydroxylation sites is 1. The molecule has 0 saturated heterocycles. The highest BCUT2D eigenvalue weighted by molar-refractivity contribution is 7.13. The zero-order valence-electron chi connectivity index (χ0n) is 12.3. The Morgan fingerprint density at radius 2 is 2.10 bits per heavy atom. The van der Waals surface area contributed by atoms with Crippen molar-refractivity contribution in [3.63, 3.8) is 0 Å². The number of carbonyl (C=O) groups is 1. The van der Waals surface area contributed by atoms with Crippen LogP contribution in [0.2, 0.25) is 0 Å². The van der Waals surface area contributed by atoms with Crippen molar-refractivity contribution in [2.24, 2.45) is 0 Å². The molecule has 0 atom stereocenters. The Kier molecular flexibility index (Phi) is 5.75. The highest BCUT2D eigenvalue weighted by atomic mass is 32.1. The summed E-state index contributed by atoms with van der Waals surface area (Å²) in [4.78, 5) is 16.2. The molecule has 1 aromatic heterocycles. The van der Waals surface area contributed by atoms with Crippen LogP contribution in [0.25, 0.3) is 0 Å². The molecule has 0 saturated carbocycles. The molecule has 0 radical (unpaired) electrons. The first-order valence-corrected chi connectivity index (χ1v) is 7.96. The van der Waals surface area contributed by atoms with Crippen LogP contribution in [-0.4, -0.2) is 17.5 Å². The van der Waals surface area contributed by atoms with Gasteiger partial charge in [0.1, 0.15) is 5.75 Å². The first kappa shape index (κ1) is 15.5. The third kappa shape index (κ3) is 5.19. The van der Waals surface area contributed by atoms with Crippen LogP contribution in [-0.2, 0) is 4.79 Å². The molecular weight excluding hydrogens is 284 g/mol. The molecule has 1 N–H and O–H groups in total. The lowest BCUT2D eigenvalue weighted by molar-refractivity contribution is -0.116. The lowest BCUT2D eigenvalue weighted by atomic mass is 10.2. The van der Waals surface area contributed by atoms with Crippen LogP contribution in [0.15, 0.2) is 35.7 Å². The Balaban J connectivity index is 1.67. The maximum atomic E-state index is 11.8. The van der Waals surface area contributed by atoms with Crippen molar-refractivity contribution in [2.45, 2.75) is 32.6 Å². The summed E-state index contributed by atoms with van der Waals surface area (Å²) in [6, 6.07) is 9.61. The first-order valence-electron chi connectivity index (χ1n) is 7.08. The zero-order valence-corrected chi connectivity index (χ0v) is 13.2. The van der Waals surface area contributed by atoms with Gasteiger partial charge in [-0.15, -0.1) is 11.3 Å². The predicted octanol–water partition coefficient (Wildman–Crippen LogP) is 4.06. The average Bonchev–Trinajstić information content (AvgIpc) is 2.93. The van der Waals surface area contributed by atoms with Gasteiger partial charge in [0.2, 0.25) is 5.91 Å². The normalized spacial score (nSPS) is 10.6. The van der Waals surface area contributed by atoms with Gasteiger partial charge in [0.25, 0.3) is 0 Å². The van der Waals surface area contributed by atoms with Crippen molar-refractivity contribution in [3.05, 3.63) is 41.4 Å². The fraction of sp³-hybridized carbons (Fsp3) is 0.375. The fourth-order valence-electron chi connectivity index (χ4n) is 1.73. The maximum Gasteiger partial charge on any atom is 0.226 e. The number of carbonyl (C=O) groups excluding carboxylic acids is 1. The van der Waals surface area contributed by atoms with Gasteiger partial charge in [-0.25, -0.2) is 4.98 Å². The van der Waals surface area contributed by atoms with Gasteiger partial charge in [0.05, 0.1) is 12.3 Å². The summed E-state index contributed by atoms with van der Waals surface area (Å²) in [6.07, 6.45) is 1.12. The van der Waals surface area contributed by atoms with E-state index >= 15 is 0 Å². The third-order valence-corrected chi connectivity index (χ3v) is 3.70. The van der Waals surface area contributed by atoms with Gasteiger partial charge < -0.3 is 10.1 Å². The van der Waals surface area contributed by atoms with E-state index in [1.165, 1.54) is 11.3 Å². The Morgan fingerprint density at radius 3 is 2.76 bits per heavy atom. The monoisotopic (exact) mass is 304 g/mol. The Hall–Kier alpha value is -1.88. The van der Waals surface area contributed by atoms with Crippen LogP contribution >= 0.6 is 11.3 Å². The molecule has 21 heavy (non-hydrogen) atoms. The summed E-state index contributed by atoms with van der Waals surface area (Å²) in [7, 11) is 0. The molecule has 4 nitrogen and oxygen atoms in total. The van der Waals surface area contributed by atoms with Gasteiger partial charge in [-0.3, -0.25) is 4.79 Å². The number of aromatic nitrogens is 1. The van der Waals surface area contributed by atoms with Crippen molar-refractivity contribution in [1.29, 1.82) is 0 Å². The fourth-order valence-corrected chi connectivity index (χ4v) is 2.62. The molecule has 0 unspecified atom stereocenters. The lowest BCUT2D eigenvalue weighted by Gasteiger charge is -2.05. The second kappa shape index (κ2) is 7.78. The number of nitrogens with zero attached hydrogens (tertiary/aromatic N) is 1. The van der Waals surface area contributed by atoms with Crippen LogP contribution < -0.4 is 10.1 Å². The van der Waals surface area contributed by atoms with Gasteiger partial charge in [-0.1, -0.05) is 32.0 Å². The predicted molar refractivity (Wildman–Crippen MR) is 86.0 cm³/mol. The number of amides is 1. The standard InChI is InChI=1S/C16H20N2O2S/c1-12(2)14-11-21-16(17-14)18-15(19)9-6-10-20-13-7-4-3-5-8-13/h3-5,7-8,11-12H,6,9-10H2,1-2H3,(H,17,18,19). The van der Waals surface area contributed by atoms with E-state index in [4.69, 9.17) is 4.74 Å². The lowest BCUT2D eigenvalue weighted by Crippen LogP contribution is -2.12. The molecule has 2 aromatic rings. The Bertz CT molecular complexity index is 567. The van der Waals surface area contributed by atoms with Crippen molar-refractivity contribution in [1.82, 2.24) is 4.98 Å². The molecule has 1 amide bonds. The van der Waals surface area contributed by atoms with Gasteiger partial charge in [-0.05, 0) is 24.5 Å². The van der Waals surface area contributed by atoms with E-state index in [2.05, 4.69) is 24.1 Å². The summed E-state index contributed by atoms with van der Waals surface area (Å²) in [6.45, 7) is 4.70. The number of thiazole rings is 1. The molecule has 0 aliphatic carbocycles. The van der Waals surface area contributed by atoms with Crippen LogP contribution in [0.5, 0.6) is 5.75 Å². The van der Waals surface area contributed by atoms with Crippen molar-refractivity contribution in [3.8, 4) is 5.75 Å². The van der Waals surface area contributed by atoms with Gasteiger partial charge in [-0.2, -0.15) is 0 Å². The maximum absolute atomic E-state index is 11.8. The van der Waals surface area contributed by atoms with Gasteiger partial charge in [0, 0.05) is 11.8 Å². The van der Waals surface area contributed by atoms with E-state index in [9.17, 15) is 4.79 Å². The SMILES string of the molecule is CC(C)c1csc(NC(=O)CCCOc2ccccc2)n1. The summed E-state index contributed by atoms with van der Waals surface area (Å²) in [5.74, 6) is 1.20. The Morgan fingerprint density at radius 1 is 1.33 bits per heavy atom.